The fourth-order valence-corrected chi connectivity index (χ4v) is 6.26. The Kier molecular flexibility index (Phi) is 6.38. The highest BCUT2D eigenvalue weighted by atomic mass is 32.2. The first-order chi connectivity index (χ1) is 17.3. The van der Waals surface area contributed by atoms with Crippen LogP contribution >= 0.6 is 0 Å². The average Bonchev–Trinajstić information content (AvgIpc) is 3.31. The SMILES string of the molecule is CC(=O)OCc1cccc2c(-c3ccccc3CO)c3c(cc12)CN(S(=O)(=O)c1ccc(C)cc1)C3. The Labute approximate surface area is 210 Å². The van der Waals surface area contributed by atoms with Crippen LogP contribution in [-0.2, 0) is 45.9 Å². The summed E-state index contributed by atoms with van der Waals surface area (Å²) < 4.78 is 33.9. The van der Waals surface area contributed by atoms with Crippen molar-refractivity contribution in [2.24, 2.45) is 0 Å². The van der Waals surface area contributed by atoms with Gasteiger partial charge in [0.15, 0.2) is 0 Å². The van der Waals surface area contributed by atoms with Crippen molar-refractivity contribution in [1.82, 2.24) is 4.31 Å². The van der Waals surface area contributed by atoms with E-state index in [-0.39, 0.29) is 37.2 Å². The number of rotatable bonds is 6. The second-order valence-corrected chi connectivity index (χ2v) is 11.0. The molecule has 0 radical (unpaired) electrons. The standard InChI is InChI=1S/C29H27NO5S/c1-19-10-12-24(13-11-19)36(33,34)30-15-23-14-27-22(18-35-20(2)32)7-5-9-26(27)29(28(23)16-30)25-8-4-3-6-21(25)17-31/h3-14,31H,15-18H2,1-2H3. The molecule has 4 aromatic rings. The lowest BCUT2D eigenvalue weighted by atomic mass is 9.87. The molecule has 1 aliphatic heterocycles. The normalized spacial score (nSPS) is 13.6. The molecule has 36 heavy (non-hydrogen) atoms. The largest absolute Gasteiger partial charge is 0.461 e. The summed E-state index contributed by atoms with van der Waals surface area (Å²) >= 11 is 0. The van der Waals surface area contributed by atoms with Crippen LogP contribution in [0.2, 0.25) is 0 Å². The quantitative estimate of drug-likeness (QED) is 0.373. The molecule has 0 spiro atoms. The molecule has 0 unspecified atom stereocenters. The minimum atomic E-state index is -3.71. The van der Waals surface area contributed by atoms with Crippen LogP contribution in [0.3, 0.4) is 0 Å². The van der Waals surface area contributed by atoms with Crippen molar-refractivity contribution in [3.8, 4) is 11.1 Å². The van der Waals surface area contributed by atoms with Crippen LogP contribution in [0.15, 0.2) is 77.7 Å². The number of benzene rings is 4. The molecular weight excluding hydrogens is 474 g/mol. The number of aryl methyl sites for hydroxylation is 1. The zero-order valence-electron chi connectivity index (χ0n) is 20.2. The van der Waals surface area contributed by atoms with E-state index in [9.17, 15) is 18.3 Å². The van der Waals surface area contributed by atoms with Crippen LogP contribution in [0.1, 0.15) is 34.7 Å². The van der Waals surface area contributed by atoms with Gasteiger partial charge in [0.25, 0.3) is 0 Å². The van der Waals surface area contributed by atoms with Crippen LogP contribution in [0.5, 0.6) is 0 Å². The van der Waals surface area contributed by atoms with E-state index in [1.165, 1.54) is 11.2 Å². The van der Waals surface area contributed by atoms with Crippen molar-refractivity contribution >= 4 is 26.8 Å². The Bertz CT molecular complexity index is 1580. The molecule has 0 amide bonds. The molecule has 0 saturated carbocycles. The number of carbonyl (C=O) groups is 1. The Hall–Kier alpha value is -3.52. The molecule has 0 saturated heterocycles. The molecule has 4 aromatic carbocycles. The van der Waals surface area contributed by atoms with E-state index in [4.69, 9.17) is 4.74 Å². The molecule has 1 N–H and O–H groups in total. The van der Waals surface area contributed by atoms with Gasteiger partial charge in [-0.05, 0) is 69.3 Å². The molecule has 1 aliphatic rings. The van der Waals surface area contributed by atoms with E-state index < -0.39 is 10.0 Å². The van der Waals surface area contributed by atoms with Crippen LogP contribution in [0.4, 0.5) is 0 Å². The highest BCUT2D eigenvalue weighted by Crippen LogP contribution is 2.42. The minimum absolute atomic E-state index is 0.123. The van der Waals surface area contributed by atoms with Gasteiger partial charge in [-0.15, -0.1) is 0 Å². The first kappa shape index (κ1) is 24.2. The van der Waals surface area contributed by atoms with Crippen molar-refractivity contribution in [3.63, 3.8) is 0 Å². The van der Waals surface area contributed by atoms with Gasteiger partial charge in [-0.1, -0.05) is 60.2 Å². The molecule has 184 valence electrons. The Morgan fingerprint density at radius 2 is 1.67 bits per heavy atom. The number of carbonyl (C=O) groups excluding carboxylic acids is 1. The summed E-state index contributed by atoms with van der Waals surface area (Å²) in [5.74, 6) is -0.366. The number of aliphatic hydroxyl groups excluding tert-OH is 1. The number of fused-ring (bicyclic) bond motifs is 2. The van der Waals surface area contributed by atoms with E-state index in [0.29, 0.717) is 0 Å². The van der Waals surface area contributed by atoms with Crippen molar-refractivity contribution < 1.29 is 23.1 Å². The number of esters is 1. The Morgan fingerprint density at radius 3 is 2.39 bits per heavy atom. The second-order valence-electron chi connectivity index (χ2n) is 9.08. The lowest BCUT2D eigenvalue weighted by Crippen LogP contribution is -2.25. The maximum absolute atomic E-state index is 13.6. The number of nitrogens with zero attached hydrogens (tertiary/aromatic N) is 1. The number of aliphatic hydroxyl groups is 1. The van der Waals surface area contributed by atoms with Crippen molar-refractivity contribution in [2.45, 2.75) is 45.0 Å². The molecule has 5 rings (SSSR count). The fraction of sp³-hybridized carbons (Fsp3) is 0.207. The van der Waals surface area contributed by atoms with Crippen molar-refractivity contribution in [2.75, 3.05) is 0 Å². The van der Waals surface area contributed by atoms with Gasteiger partial charge in [0.05, 0.1) is 11.5 Å². The van der Waals surface area contributed by atoms with E-state index in [1.54, 1.807) is 24.3 Å². The van der Waals surface area contributed by atoms with Gasteiger partial charge >= 0.3 is 5.97 Å². The predicted octanol–water partition coefficient (Wildman–Crippen LogP) is 5.08. The summed E-state index contributed by atoms with van der Waals surface area (Å²) in [4.78, 5) is 11.8. The zero-order valence-corrected chi connectivity index (χ0v) is 21.0. The minimum Gasteiger partial charge on any atom is -0.461 e. The molecule has 0 aromatic heterocycles. The summed E-state index contributed by atoms with van der Waals surface area (Å²) in [6.07, 6.45) is 0. The van der Waals surface area contributed by atoms with Gasteiger partial charge in [-0.2, -0.15) is 4.31 Å². The first-order valence-electron chi connectivity index (χ1n) is 11.7. The van der Waals surface area contributed by atoms with E-state index >= 15 is 0 Å². The highest BCUT2D eigenvalue weighted by molar-refractivity contribution is 7.89. The molecule has 0 atom stereocenters. The van der Waals surface area contributed by atoms with Crippen LogP contribution < -0.4 is 0 Å². The number of ether oxygens (including phenoxy) is 1. The van der Waals surface area contributed by atoms with Gasteiger partial charge in [0.1, 0.15) is 6.61 Å². The summed E-state index contributed by atoms with van der Waals surface area (Å²) in [5.41, 5.74) is 6.18. The topological polar surface area (TPSA) is 83.9 Å². The summed E-state index contributed by atoms with van der Waals surface area (Å²) in [6.45, 7) is 3.74. The van der Waals surface area contributed by atoms with E-state index in [0.717, 1.165) is 49.7 Å². The van der Waals surface area contributed by atoms with E-state index in [1.807, 2.05) is 55.5 Å². The van der Waals surface area contributed by atoms with Gasteiger partial charge < -0.3 is 9.84 Å². The molecule has 7 heteroatoms. The summed E-state index contributed by atoms with van der Waals surface area (Å²) in [5, 5.41) is 11.9. The molecule has 0 aliphatic carbocycles. The summed E-state index contributed by atoms with van der Waals surface area (Å²) in [7, 11) is -3.71. The maximum atomic E-state index is 13.6. The van der Waals surface area contributed by atoms with Crippen LogP contribution in [0, 0.1) is 6.92 Å². The highest BCUT2D eigenvalue weighted by Gasteiger charge is 2.33. The third-order valence-corrected chi connectivity index (χ3v) is 8.51. The lowest BCUT2D eigenvalue weighted by molar-refractivity contribution is -0.142. The molecule has 0 fully saturated rings. The summed E-state index contributed by atoms with van der Waals surface area (Å²) in [6, 6.07) is 22.3. The van der Waals surface area contributed by atoms with Gasteiger partial charge in [-0.3, -0.25) is 4.79 Å². The van der Waals surface area contributed by atoms with Crippen molar-refractivity contribution in [1.29, 1.82) is 0 Å². The smallest absolute Gasteiger partial charge is 0.302 e. The first-order valence-corrected chi connectivity index (χ1v) is 13.2. The Morgan fingerprint density at radius 1 is 0.944 bits per heavy atom. The molecular formula is C29H27NO5S. The van der Waals surface area contributed by atoms with Crippen LogP contribution in [-0.4, -0.2) is 23.8 Å². The van der Waals surface area contributed by atoms with Gasteiger partial charge in [0, 0.05) is 20.0 Å². The zero-order chi connectivity index (χ0) is 25.4. The van der Waals surface area contributed by atoms with Gasteiger partial charge in [-0.25, -0.2) is 8.42 Å². The average molecular weight is 502 g/mol. The number of hydrogen-bond acceptors (Lipinski definition) is 5. The molecule has 1 heterocycles. The third-order valence-electron chi connectivity index (χ3n) is 6.70. The fourth-order valence-electron chi connectivity index (χ4n) is 4.87. The van der Waals surface area contributed by atoms with Crippen molar-refractivity contribution in [3.05, 3.63) is 101 Å². The molecule has 0 bridgehead atoms. The molecule has 6 nitrogen and oxygen atoms in total. The Balaban J connectivity index is 1.70. The third kappa shape index (κ3) is 4.30. The van der Waals surface area contributed by atoms with E-state index in [2.05, 4.69) is 0 Å². The predicted molar refractivity (Wildman–Crippen MR) is 138 cm³/mol. The van der Waals surface area contributed by atoms with Crippen LogP contribution in [0.25, 0.3) is 21.9 Å². The second kappa shape index (κ2) is 9.50. The van der Waals surface area contributed by atoms with Gasteiger partial charge in [0.2, 0.25) is 10.0 Å². The number of hydrogen-bond donors (Lipinski definition) is 1. The maximum Gasteiger partial charge on any atom is 0.302 e. The lowest BCUT2D eigenvalue weighted by Gasteiger charge is -2.18. The monoisotopic (exact) mass is 501 g/mol. The number of sulfonamides is 1.